The number of nitrogens with zero attached hydrogens (tertiary/aromatic N) is 3. The minimum Gasteiger partial charge on any atom is -0.386 e. The van der Waals surface area contributed by atoms with Crippen LogP contribution in [0.5, 0.6) is 0 Å². The number of rotatable bonds is 5. The molecule has 5 nitrogen and oxygen atoms in total. The lowest BCUT2D eigenvalue weighted by atomic mass is 9.92. The Morgan fingerprint density at radius 2 is 1.86 bits per heavy atom. The second kappa shape index (κ2) is 8.61. The molecular weight excluding hydrogens is 350 g/mol. The van der Waals surface area contributed by atoms with Crippen molar-refractivity contribution in [2.45, 2.75) is 19.1 Å². The van der Waals surface area contributed by atoms with E-state index in [9.17, 15) is 5.11 Å². The molecule has 0 radical (unpaired) electrons. The zero-order chi connectivity index (χ0) is 19.3. The second-order valence-electron chi connectivity index (χ2n) is 7.14. The first-order valence-electron chi connectivity index (χ1n) is 9.66. The van der Waals surface area contributed by atoms with Gasteiger partial charge in [0, 0.05) is 42.8 Å². The molecule has 5 heteroatoms. The Kier molecular flexibility index (Phi) is 5.76. The van der Waals surface area contributed by atoms with E-state index in [0.717, 1.165) is 35.5 Å². The normalized spacial score (nSPS) is 17.2. The van der Waals surface area contributed by atoms with Crippen LogP contribution in [0, 0.1) is 6.92 Å². The predicted octanol–water partition coefficient (Wildman–Crippen LogP) is 3.56. The van der Waals surface area contributed by atoms with E-state index in [-0.39, 0.29) is 6.04 Å². The summed E-state index contributed by atoms with van der Waals surface area (Å²) in [5.74, 6) is 0. The number of aryl methyl sites for hydroxylation is 1. The van der Waals surface area contributed by atoms with Crippen LogP contribution in [0.4, 0.5) is 0 Å². The first kappa shape index (κ1) is 18.7. The lowest BCUT2D eigenvalue weighted by Crippen LogP contribution is -2.41. The van der Waals surface area contributed by atoms with Crippen LogP contribution in [0.1, 0.15) is 28.8 Å². The smallest absolute Gasteiger partial charge is 0.101 e. The van der Waals surface area contributed by atoms with Crippen LogP contribution in [-0.2, 0) is 4.74 Å². The van der Waals surface area contributed by atoms with E-state index >= 15 is 0 Å². The molecule has 4 rings (SSSR count). The number of pyridine rings is 2. The van der Waals surface area contributed by atoms with Crippen LogP contribution >= 0.6 is 0 Å². The number of ether oxygens (including phenoxy) is 1. The van der Waals surface area contributed by atoms with Gasteiger partial charge in [-0.3, -0.25) is 14.9 Å². The average Bonchev–Trinajstić information content (AvgIpc) is 2.75. The van der Waals surface area contributed by atoms with E-state index in [2.05, 4.69) is 33.9 Å². The number of benzene rings is 1. The zero-order valence-corrected chi connectivity index (χ0v) is 16.0. The van der Waals surface area contributed by atoms with E-state index in [0.29, 0.717) is 13.2 Å². The van der Waals surface area contributed by atoms with E-state index in [1.807, 2.05) is 42.6 Å². The molecular formula is C23H25N3O2. The van der Waals surface area contributed by atoms with Crippen molar-refractivity contribution in [3.05, 3.63) is 83.8 Å². The Bertz CT molecular complexity index is 910. The maximum absolute atomic E-state index is 11.5. The summed E-state index contributed by atoms with van der Waals surface area (Å²) in [7, 11) is 0. The van der Waals surface area contributed by atoms with Crippen molar-refractivity contribution >= 4 is 0 Å². The third-order valence-electron chi connectivity index (χ3n) is 5.21. The Balaban J connectivity index is 1.76. The Hall–Kier alpha value is -2.60. The molecule has 1 aliphatic heterocycles. The van der Waals surface area contributed by atoms with Gasteiger partial charge in [-0.15, -0.1) is 0 Å². The lowest BCUT2D eigenvalue weighted by Gasteiger charge is -2.37. The summed E-state index contributed by atoms with van der Waals surface area (Å²) in [6, 6.07) is 15.8. The summed E-state index contributed by atoms with van der Waals surface area (Å²) >= 11 is 0. The van der Waals surface area contributed by atoms with Crippen LogP contribution in [-0.4, -0.2) is 46.3 Å². The molecule has 0 spiro atoms. The SMILES string of the molecule is Cc1cccc(-c2ncccc2[C@@H](O)[C@H](c2cccnc2)N2CCOCC2)c1. The molecule has 0 bridgehead atoms. The van der Waals surface area contributed by atoms with Crippen molar-refractivity contribution in [2.24, 2.45) is 0 Å². The van der Waals surface area contributed by atoms with E-state index in [1.54, 1.807) is 12.4 Å². The van der Waals surface area contributed by atoms with Gasteiger partial charge in [0.1, 0.15) is 6.10 Å². The van der Waals surface area contributed by atoms with Gasteiger partial charge in [-0.05, 0) is 30.7 Å². The fourth-order valence-electron chi connectivity index (χ4n) is 3.86. The van der Waals surface area contributed by atoms with Crippen molar-refractivity contribution in [2.75, 3.05) is 26.3 Å². The molecule has 3 heterocycles. The summed E-state index contributed by atoms with van der Waals surface area (Å²) in [6.45, 7) is 4.95. The zero-order valence-electron chi connectivity index (χ0n) is 16.0. The largest absolute Gasteiger partial charge is 0.386 e. The van der Waals surface area contributed by atoms with Gasteiger partial charge >= 0.3 is 0 Å². The molecule has 0 aliphatic carbocycles. The van der Waals surface area contributed by atoms with E-state index < -0.39 is 6.10 Å². The van der Waals surface area contributed by atoms with Crippen molar-refractivity contribution in [1.82, 2.24) is 14.9 Å². The topological polar surface area (TPSA) is 58.5 Å². The van der Waals surface area contributed by atoms with Gasteiger partial charge in [-0.25, -0.2) is 0 Å². The monoisotopic (exact) mass is 375 g/mol. The Morgan fingerprint density at radius 1 is 1.04 bits per heavy atom. The second-order valence-corrected chi connectivity index (χ2v) is 7.14. The molecule has 1 fully saturated rings. The Morgan fingerprint density at radius 3 is 2.61 bits per heavy atom. The molecule has 3 aromatic rings. The molecule has 2 aromatic heterocycles. The van der Waals surface area contributed by atoms with E-state index in [4.69, 9.17) is 4.74 Å². The highest BCUT2D eigenvalue weighted by Crippen LogP contribution is 2.38. The van der Waals surface area contributed by atoms with Crippen molar-refractivity contribution in [3.63, 3.8) is 0 Å². The number of aliphatic hydroxyl groups is 1. The maximum atomic E-state index is 11.5. The molecule has 1 N–H and O–H groups in total. The van der Waals surface area contributed by atoms with Crippen LogP contribution in [0.15, 0.2) is 67.1 Å². The third kappa shape index (κ3) is 3.97. The summed E-state index contributed by atoms with van der Waals surface area (Å²) in [4.78, 5) is 11.2. The van der Waals surface area contributed by atoms with Crippen molar-refractivity contribution < 1.29 is 9.84 Å². The molecule has 1 saturated heterocycles. The quantitative estimate of drug-likeness (QED) is 0.739. The maximum Gasteiger partial charge on any atom is 0.101 e. The number of aliphatic hydroxyl groups excluding tert-OH is 1. The highest BCUT2D eigenvalue weighted by molar-refractivity contribution is 5.64. The highest BCUT2D eigenvalue weighted by Gasteiger charge is 2.32. The predicted molar refractivity (Wildman–Crippen MR) is 109 cm³/mol. The van der Waals surface area contributed by atoms with Gasteiger partial charge in [0.05, 0.1) is 24.9 Å². The molecule has 144 valence electrons. The van der Waals surface area contributed by atoms with Crippen molar-refractivity contribution in [3.8, 4) is 11.3 Å². The van der Waals surface area contributed by atoms with Crippen LogP contribution < -0.4 is 0 Å². The van der Waals surface area contributed by atoms with Gasteiger partial charge in [0.15, 0.2) is 0 Å². The summed E-state index contributed by atoms with van der Waals surface area (Å²) in [6.07, 6.45) is 4.65. The molecule has 1 aliphatic rings. The van der Waals surface area contributed by atoms with Gasteiger partial charge < -0.3 is 9.84 Å². The minimum absolute atomic E-state index is 0.203. The highest BCUT2D eigenvalue weighted by atomic mass is 16.5. The number of hydrogen-bond donors (Lipinski definition) is 1. The summed E-state index contributed by atoms with van der Waals surface area (Å²) in [5.41, 5.74) is 4.83. The van der Waals surface area contributed by atoms with Crippen molar-refractivity contribution in [1.29, 1.82) is 0 Å². The Labute approximate surface area is 165 Å². The van der Waals surface area contributed by atoms with Gasteiger partial charge in [0.25, 0.3) is 0 Å². The van der Waals surface area contributed by atoms with Gasteiger partial charge in [-0.1, -0.05) is 35.9 Å². The molecule has 2 atom stereocenters. The molecule has 1 aromatic carbocycles. The van der Waals surface area contributed by atoms with Crippen LogP contribution in [0.3, 0.4) is 0 Å². The minimum atomic E-state index is -0.730. The third-order valence-corrected chi connectivity index (χ3v) is 5.21. The molecule has 0 unspecified atom stereocenters. The molecule has 0 amide bonds. The first-order chi connectivity index (χ1) is 13.7. The van der Waals surface area contributed by atoms with Crippen LogP contribution in [0.2, 0.25) is 0 Å². The molecule has 28 heavy (non-hydrogen) atoms. The summed E-state index contributed by atoms with van der Waals surface area (Å²) in [5, 5.41) is 11.5. The number of hydrogen-bond acceptors (Lipinski definition) is 5. The van der Waals surface area contributed by atoms with Gasteiger partial charge in [0.2, 0.25) is 0 Å². The lowest BCUT2D eigenvalue weighted by molar-refractivity contribution is -0.0238. The first-order valence-corrected chi connectivity index (χ1v) is 9.66. The standard InChI is InChI=1S/C23H25N3O2/c1-17-5-2-6-18(15-17)21-20(8-4-10-25-21)23(27)22(19-7-3-9-24-16-19)26-11-13-28-14-12-26/h2-10,15-16,22-23,27H,11-14H2,1H3/t22-,23+/m0/s1. The fourth-order valence-corrected chi connectivity index (χ4v) is 3.86. The average molecular weight is 375 g/mol. The van der Waals surface area contributed by atoms with Gasteiger partial charge in [-0.2, -0.15) is 0 Å². The number of aromatic nitrogens is 2. The molecule has 0 saturated carbocycles. The summed E-state index contributed by atoms with van der Waals surface area (Å²) < 4.78 is 5.53. The number of morpholine rings is 1. The van der Waals surface area contributed by atoms with E-state index in [1.165, 1.54) is 5.56 Å². The fraction of sp³-hybridized carbons (Fsp3) is 0.304. The van der Waals surface area contributed by atoms with Crippen LogP contribution in [0.25, 0.3) is 11.3 Å².